The zero-order valence-corrected chi connectivity index (χ0v) is 21.8. The highest BCUT2D eigenvalue weighted by Gasteiger charge is 2.44. The fourth-order valence-corrected chi connectivity index (χ4v) is 4.96. The molecule has 0 saturated heterocycles. The molecule has 2 aromatic carbocycles. The number of carbonyl (C=O) groups is 2. The quantitative estimate of drug-likeness (QED) is 0.225. The van der Waals surface area contributed by atoms with Gasteiger partial charge in [0.2, 0.25) is 5.82 Å². The highest BCUT2D eigenvalue weighted by atomic mass is 35.5. The Morgan fingerprint density at radius 3 is 2.23 bits per heavy atom. The minimum absolute atomic E-state index is 0. The van der Waals surface area contributed by atoms with E-state index in [1.807, 2.05) is 30.3 Å². The van der Waals surface area contributed by atoms with Crippen molar-refractivity contribution in [2.24, 2.45) is 0 Å². The molecule has 2 unspecified atom stereocenters. The molecule has 2 aliphatic heterocycles. The van der Waals surface area contributed by atoms with Gasteiger partial charge < -0.3 is 15.2 Å². The van der Waals surface area contributed by atoms with Crippen LogP contribution < -0.4 is 5.32 Å². The molecular formula is C27H26ClF5N2O4. The largest absolute Gasteiger partial charge is 0.466 e. The van der Waals surface area contributed by atoms with Crippen LogP contribution in [0.25, 0.3) is 0 Å². The van der Waals surface area contributed by atoms with E-state index in [0.717, 1.165) is 12.7 Å². The third-order valence-corrected chi connectivity index (χ3v) is 6.71. The second kappa shape index (κ2) is 12.3. The Morgan fingerprint density at radius 2 is 1.64 bits per heavy atom. The Kier molecular flexibility index (Phi) is 9.52. The number of ketones is 1. The maximum Gasteiger partial charge on any atom is 0.336 e. The first kappa shape index (κ1) is 30.3. The van der Waals surface area contributed by atoms with Crippen LogP contribution in [-0.4, -0.2) is 54.6 Å². The number of rotatable bonds is 7. The van der Waals surface area contributed by atoms with Crippen molar-refractivity contribution in [3.63, 3.8) is 0 Å². The van der Waals surface area contributed by atoms with Crippen molar-refractivity contribution in [2.45, 2.75) is 31.8 Å². The summed E-state index contributed by atoms with van der Waals surface area (Å²) in [4.78, 5) is 27.5. The van der Waals surface area contributed by atoms with Crippen LogP contribution in [0.3, 0.4) is 0 Å². The number of dihydropyridines is 1. The normalized spacial score (nSPS) is 18.4. The molecule has 2 heterocycles. The maximum absolute atomic E-state index is 14.9. The van der Waals surface area contributed by atoms with E-state index in [0.29, 0.717) is 12.8 Å². The van der Waals surface area contributed by atoms with Gasteiger partial charge in [0.05, 0.1) is 31.2 Å². The second-order valence-electron chi connectivity index (χ2n) is 9.23. The SMILES string of the molecule is COC(=O)C1=C(C)NC2=C(C(=O)CN(CC(O)CCc3ccccc3)C2)C1c1c(F)c(F)c(F)c(F)c1F.Cl. The number of Topliss-reactive ketones (excluding diaryl/α,β-unsaturated/α-hetero) is 1. The van der Waals surface area contributed by atoms with E-state index >= 15 is 0 Å². The van der Waals surface area contributed by atoms with Crippen LogP contribution in [-0.2, 0) is 20.7 Å². The highest BCUT2D eigenvalue weighted by Crippen LogP contribution is 2.43. The molecule has 210 valence electrons. The van der Waals surface area contributed by atoms with Crippen molar-refractivity contribution in [1.82, 2.24) is 10.2 Å². The third kappa shape index (κ3) is 5.85. The molecule has 0 aliphatic carbocycles. The zero-order chi connectivity index (χ0) is 27.7. The fraction of sp³-hybridized carbons (Fsp3) is 0.333. The molecule has 0 saturated carbocycles. The Bertz CT molecular complexity index is 1320. The lowest BCUT2D eigenvalue weighted by Gasteiger charge is -2.38. The van der Waals surface area contributed by atoms with Crippen molar-refractivity contribution in [1.29, 1.82) is 0 Å². The zero-order valence-electron chi connectivity index (χ0n) is 21.0. The number of carbonyl (C=O) groups excluding carboxylic acids is 2. The molecule has 2 atom stereocenters. The lowest BCUT2D eigenvalue weighted by atomic mass is 9.76. The maximum atomic E-state index is 14.9. The van der Waals surface area contributed by atoms with Crippen LogP contribution in [0.15, 0.2) is 52.9 Å². The van der Waals surface area contributed by atoms with Gasteiger partial charge >= 0.3 is 5.97 Å². The van der Waals surface area contributed by atoms with Gasteiger partial charge in [-0.2, -0.15) is 0 Å². The van der Waals surface area contributed by atoms with E-state index in [1.165, 1.54) is 6.92 Å². The van der Waals surface area contributed by atoms with Gasteiger partial charge in [-0.3, -0.25) is 9.69 Å². The topological polar surface area (TPSA) is 78.9 Å². The number of aryl methyl sites for hydroxylation is 1. The molecule has 0 amide bonds. The lowest BCUT2D eigenvalue weighted by molar-refractivity contribution is -0.136. The van der Waals surface area contributed by atoms with Crippen LogP contribution in [0.1, 0.15) is 30.4 Å². The molecule has 4 rings (SSSR count). The molecule has 12 heteroatoms. The number of ether oxygens (including phenoxy) is 1. The van der Waals surface area contributed by atoms with Gasteiger partial charge in [0, 0.05) is 35.6 Å². The predicted molar refractivity (Wildman–Crippen MR) is 133 cm³/mol. The Balaban J connectivity index is 0.00000420. The van der Waals surface area contributed by atoms with Crippen molar-refractivity contribution < 1.29 is 41.4 Å². The van der Waals surface area contributed by atoms with Gasteiger partial charge in [-0.25, -0.2) is 26.7 Å². The Morgan fingerprint density at radius 1 is 1.05 bits per heavy atom. The number of benzene rings is 2. The number of nitrogens with one attached hydrogen (secondary N) is 1. The van der Waals surface area contributed by atoms with E-state index in [9.17, 15) is 36.6 Å². The number of hydrogen-bond acceptors (Lipinski definition) is 6. The average molecular weight is 573 g/mol. The number of allylic oxidation sites excluding steroid dienone is 1. The van der Waals surface area contributed by atoms with Crippen LogP contribution in [0.4, 0.5) is 22.0 Å². The molecule has 0 fully saturated rings. The first-order valence-electron chi connectivity index (χ1n) is 11.8. The summed E-state index contributed by atoms with van der Waals surface area (Å²) in [5, 5.41) is 13.4. The Labute approximate surface area is 227 Å². The van der Waals surface area contributed by atoms with Crippen LogP contribution >= 0.6 is 12.4 Å². The summed E-state index contributed by atoms with van der Waals surface area (Å²) in [6.45, 7) is 1.16. The molecule has 0 bridgehead atoms. The number of halogens is 6. The van der Waals surface area contributed by atoms with Gasteiger partial charge in [0.15, 0.2) is 29.1 Å². The van der Waals surface area contributed by atoms with Crippen molar-refractivity contribution in [3.8, 4) is 0 Å². The monoisotopic (exact) mass is 572 g/mol. The first-order chi connectivity index (χ1) is 18.0. The highest BCUT2D eigenvalue weighted by molar-refractivity contribution is 6.04. The molecule has 6 nitrogen and oxygen atoms in total. The first-order valence-corrected chi connectivity index (χ1v) is 11.8. The van der Waals surface area contributed by atoms with Crippen molar-refractivity contribution >= 4 is 24.2 Å². The van der Waals surface area contributed by atoms with Crippen molar-refractivity contribution in [3.05, 3.63) is 93.1 Å². The minimum Gasteiger partial charge on any atom is -0.466 e. The summed E-state index contributed by atoms with van der Waals surface area (Å²) in [7, 11) is 0.989. The molecule has 2 aliphatic rings. The number of nitrogens with zero attached hydrogens (tertiary/aromatic N) is 1. The van der Waals surface area contributed by atoms with E-state index in [2.05, 4.69) is 5.32 Å². The Hall–Kier alpha value is -3.28. The van der Waals surface area contributed by atoms with Gasteiger partial charge in [0.1, 0.15) is 0 Å². The molecule has 2 N–H and O–H groups in total. The summed E-state index contributed by atoms with van der Waals surface area (Å²) >= 11 is 0. The van der Waals surface area contributed by atoms with Gasteiger partial charge in [-0.15, -0.1) is 12.4 Å². The molecule has 0 spiro atoms. The van der Waals surface area contributed by atoms with Crippen LogP contribution in [0.2, 0.25) is 0 Å². The van der Waals surface area contributed by atoms with Crippen LogP contribution in [0, 0.1) is 29.1 Å². The fourth-order valence-electron chi connectivity index (χ4n) is 4.96. The van der Waals surface area contributed by atoms with Gasteiger partial charge in [-0.1, -0.05) is 30.3 Å². The van der Waals surface area contributed by atoms with E-state index in [-0.39, 0.29) is 49.0 Å². The van der Waals surface area contributed by atoms with Crippen molar-refractivity contribution in [2.75, 3.05) is 26.7 Å². The number of hydrogen-bond donors (Lipinski definition) is 2. The summed E-state index contributed by atoms with van der Waals surface area (Å²) in [6, 6.07) is 9.49. The summed E-state index contributed by atoms with van der Waals surface area (Å²) < 4.78 is 76.6. The number of aliphatic hydroxyl groups excluding tert-OH is 1. The van der Waals surface area contributed by atoms with E-state index < -0.39 is 64.0 Å². The summed E-state index contributed by atoms with van der Waals surface area (Å²) in [5.74, 6) is -14.7. The smallest absolute Gasteiger partial charge is 0.336 e. The van der Waals surface area contributed by atoms with Crippen LogP contribution in [0.5, 0.6) is 0 Å². The van der Waals surface area contributed by atoms with E-state index in [1.54, 1.807) is 4.90 Å². The number of esters is 1. The number of aliphatic hydroxyl groups is 1. The van der Waals surface area contributed by atoms with E-state index in [4.69, 9.17) is 4.74 Å². The second-order valence-corrected chi connectivity index (χ2v) is 9.23. The standard InChI is InChI=1S/C27H25F5N2O4.ClH/c1-13-18(27(37)38-2)20(21-22(28)24(30)26(32)25(31)23(21)29)19-16(33-13)11-34(12-17(19)36)10-15(35)9-8-14-6-4-3-5-7-14;/h3-7,15,20,33,35H,8-12H2,1-2H3;1H. The third-order valence-electron chi connectivity index (χ3n) is 6.71. The molecular weight excluding hydrogens is 547 g/mol. The minimum atomic E-state index is -2.35. The summed E-state index contributed by atoms with van der Waals surface area (Å²) in [5.41, 5.74) is -0.852. The molecule has 2 aromatic rings. The number of β-amino-alcohol motifs (C(OH)–C–C–N with tert-alkyl or cyclic N) is 1. The molecule has 39 heavy (non-hydrogen) atoms. The molecule has 0 radical (unpaired) electrons. The molecule has 0 aromatic heterocycles. The predicted octanol–water partition coefficient (Wildman–Crippen LogP) is 4.07. The van der Waals surface area contributed by atoms with Gasteiger partial charge in [-0.05, 0) is 25.3 Å². The summed E-state index contributed by atoms with van der Waals surface area (Å²) in [6.07, 6.45) is 0.205. The average Bonchev–Trinajstić information content (AvgIpc) is 2.89. The number of methoxy groups -OCH3 is 1. The van der Waals surface area contributed by atoms with Gasteiger partial charge in [0.25, 0.3) is 0 Å². The lowest BCUT2D eigenvalue weighted by Crippen LogP contribution is -2.47.